The lowest BCUT2D eigenvalue weighted by atomic mass is 9.76. The van der Waals surface area contributed by atoms with Gasteiger partial charge in [0, 0.05) is 32.3 Å². The molecule has 1 N–H and O–H groups in total. The van der Waals surface area contributed by atoms with E-state index >= 15 is 0 Å². The van der Waals surface area contributed by atoms with Crippen LogP contribution in [0.25, 0.3) is 0 Å². The molecule has 14 heavy (non-hydrogen) atoms. The molecule has 78 valence electrons. The summed E-state index contributed by atoms with van der Waals surface area (Å²) in [5.41, 5.74) is 1.62. The average Bonchev–Trinajstić information content (AvgIpc) is 2.73. The molecule has 0 unspecified atom stereocenters. The van der Waals surface area contributed by atoms with Crippen LogP contribution in [0, 0.1) is 5.41 Å². The molecule has 0 bridgehead atoms. The van der Waals surface area contributed by atoms with Crippen LogP contribution in [0.2, 0.25) is 0 Å². The van der Waals surface area contributed by atoms with Gasteiger partial charge >= 0.3 is 0 Å². The molecule has 3 nitrogen and oxygen atoms in total. The molecule has 1 aliphatic rings. The Bertz CT molecular complexity index is 318. The lowest BCUT2D eigenvalue weighted by molar-refractivity contribution is 0.303. The molecule has 0 spiro atoms. The quantitative estimate of drug-likeness (QED) is 0.772. The fourth-order valence-electron chi connectivity index (χ4n) is 2.32. The smallest absolute Gasteiger partial charge is 0.0673 e. The molecule has 1 aliphatic heterocycles. The van der Waals surface area contributed by atoms with Gasteiger partial charge in [-0.05, 0) is 17.9 Å². The fourth-order valence-corrected chi connectivity index (χ4v) is 2.32. The number of nitrogens with one attached hydrogen (secondary N) is 1. The minimum absolute atomic E-state index is 0.383. The zero-order chi connectivity index (χ0) is 10.2. The van der Waals surface area contributed by atoms with E-state index < -0.39 is 0 Å². The van der Waals surface area contributed by atoms with Crippen molar-refractivity contribution in [3.8, 4) is 0 Å². The molecular formula is C11H19N3. The van der Waals surface area contributed by atoms with E-state index in [4.69, 9.17) is 0 Å². The number of hydrogen-bond acceptors (Lipinski definition) is 2. The van der Waals surface area contributed by atoms with Crippen molar-refractivity contribution in [2.75, 3.05) is 13.1 Å². The highest BCUT2D eigenvalue weighted by Crippen LogP contribution is 2.40. The molecule has 0 aromatic carbocycles. The van der Waals surface area contributed by atoms with Crippen LogP contribution in [-0.2, 0) is 7.05 Å². The van der Waals surface area contributed by atoms with Crippen molar-refractivity contribution in [1.29, 1.82) is 0 Å². The standard InChI is InChI=1S/C11H19N3/c1-4-11(2)8-12-7-9(11)10-5-6-14(3)13-10/h5-6,9,12H,4,7-8H2,1-3H3/t9-,11+/m0/s1. The van der Waals surface area contributed by atoms with Crippen molar-refractivity contribution < 1.29 is 0 Å². The minimum atomic E-state index is 0.383. The van der Waals surface area contributed by atoms with Crippen LogP contribution in [0.5, 0.6) is 0 Å². The number of hydrogen-bond donors (Lipinski definition) is 1. The maximum atomic E-state index is 4.51. The summed E-state index contributed by atoms with van der Waals surface area (Å²) >= 11 is 0. The van der Waals surface area contributed by atoms with Gasteiger partial charge < -0.3 is 5.32 Å². The first-order valence-electron chi connectivity index (χ1n) is 5.36. The van der Waals surface area contributed by atoms with Gasteiger partial charge in [-0.25, -0.2) is 0 Å². The van der Waals surface area contributed by atoms with Crippen LogP contribution >= 0.6 is 0 Å². The zero-order valence-corrected chi connectivity index (χ0v) is 9.25. The van der Waals surface area contributed by atoms with Crippen LogP contribution in [0.4, 0.5) is 0 Å². The van der Waals surface area contributed by atoms with Gasteiger partial charge in [0.1, 0.15) is 0 Å². The minimum Gasteiger partial charge on any atom is -0.315 e. The van der Waals surface area contributed by atoms with Gasteiger partial charge in [0.25, 0.3) is 0 Å². The van der Waals surface area contributed by atoms with E-state index in [1.165, 1.54) is 12.1 Å². The molecule has 2 heterocycles. The van der Waals surface area contributed by atoms with E-state index in [-0.39, 0.29) is 0 Å². The van der Waals surface area contributed by atoms with Gasteiger partial charge in [-0.2, -0.15) is 5.10 Å². The molecule has 0 saturated carbocycles. The van der Waals surface area contributed by atoms with Gasteiger partial charge in [-0.3, -0.25) is 4.68 Å². The van der Waals surface area contributed by atoms with E-state index in [1.54, 1.807) is 0 Å². The molecule has 1 saturated heterocycles. The van der Waals surface area contributed by atoms with Gasteiger partial charge in [0.15, 0.2) is 0 Å². The average molecular weight is 193 g/mol. The first-order chi connectivity index (χ1) is 6.65. The molecule has 0 aliphatic carbocycles. The van der Waals surface area contributed by atoms with Crippen molar-refractivity contribution in [3.63, 3.8) is 0 Å². The predicted molar refractivity (Wildman–Crippen MR) is 57.2 cm³/mol. The van der Waals surface area contributed by atoms with E-state index in [9.17, 15) is 0 Å². The van der Waals surface area contributed by atoms with Gasteiger partial charge in [-0.15, -0.1) is 0 Å². The van der Waals surface area contributed by atoms with Crippen molar-refractivity contribution in [2.45, 2.75) is 26.2 Å². The number of rotatable bonds is 2. The third kappa shape index (κ3) is 1.46. The second-order valence-corrected chi connectivity index (χ2v) is 4.61. The summed E-state index contributed by atoms with van der Waals surface area (Å²) in [4.78, 5) is 0. The van der Waals surface area contributed by atoms with Crippen LogP contribution < -0.4 is 5.32 Å². The maximum absolute atomic E-state index is 4.51. The van der Waals surface area contributed by atoms with E-state index in [0.717, 1.165) is 13.1 Å². The predicted octanol–water partition coefficient (Wildman–Crippen LogP) is 1.52. The van der Waals surface area contributed by atoms with Crippen LogP contribution in [0.15, 0.2) is 12.3 Å². The van der Waals surface area contributed by atoms with E-state index in [0.29, 0.717) is 11.3 Å². The maximum Gasteiger partial charge on any atom is 0.0673 e. The summed E-state index contributed by atoms with van der Waals surface area (Å²) in [5, 5.41) is 7.99. The van der Waals surface area contributed by atoms with Gasteiger partial charge in [0.2, 0.25) is 0 Å². The molecule has 1 aromatic heterocycles. The SMILES string of the molecule is CC[C@]1(C)CNC[C@H]1c1ccn(C)n1. The summed E-state index contributed by atoms with van der Waals surface area (Å²) < 4.78 is 1.89. The summed E-state index contributed by atoms with van der Waals surface area (Å²) in [7, 11) is 1.98. The lowest BCUT2D eigenvalue weighted by Crippen LogP contribution is -2.24. The molecule has 1 aromatic rings. The molecule has 2 rings (SSSR count). The third-order valence-electron chi connectivity index (χ3n) is 3.62. The number of nitrogens with zero attached hydrogens (tertiary/aromatic N) is 2. The van der Waals surface area contributed by atoms with Gasteiger partial charge in [-0.1, -0.05) is 13.8 Å². The largest absolute Gasteiger partial charge is 0.315 e. The molecular weight excluding hydrogens is 174 g/mol. The van der Waals surface area contributed by atoms with Gasteiger partial charge in [0.05, 0.1) is 5.69 Å². The lowest BCUT2D eigenvalue weighted by Gasteiger charge is -2.27. The Labute approximate surface area is 85.5 Å². The summed E-state index contributed by atoms with van der Waals surface area (Å²) in [5.74, 6) is 0.577. The first kappa shape index (κ1) is 9.71. The Balaban J connectivity index is 2.26. The summed E-state index contributed by atoms with van der Waals surface area (Å²) in [6.45, 7) is 6.81. The van der Waals surface area contributed by atoms with E-state index in [2.05, 4.69) is 30.3 Å². The number of aromatic nitrogens is 2. The monoisotopic (exact) mass is 193 g/mol. The van der Waals surface area contributed by atoms with Crippen molar-refractivity contribution >= 4 is 0 Å². The zero-order valence-electron chi connectivity index (χ0n) is 9.25. The van der Waals surface area contributed by atoms with Crippen LogP contribution in [0.1, 0.15) is 31.9 Å². The summed E-state index contributed by atoms with van der Waals surface area (Å²) in [6, 6.07) is 2.14. The fraction of sp³-hybridized carbons (Fsp3) is 0.727. The molecule has 2 atom stereocenters. The van der Waals surface area contributed by atoms with Crippen LogP contribution in [-0.4, -0.2) is 22.9 Å². The highest BCUT2D eigenvalue weighted by molar-refractivity contribution is 5.15. The molecule has 0 radical (unpaired) electrons. The Kier molecular flexibility index (Phi) is 2.35. The Morgan fingerprint density at radius 3 is 3.07 bits per heavy atom. The topological polar surface area (TPSA) is 29.9 Å². The first-order valence-corrected chi connectivity index (χ1v) is 5.36. The second-order valence-electron chi connectivity index (χ2n) is 4.61. The molecule has 0 amide bonds. The summed E-state index contributed by atoms with van der Waals surface area (Å²) in [6.07, 6.45) is 3.24. The number of aryl methyl sites for hydroxylation is 1. The Hall–Kier alpha value is -0.830. The second kappa shape index (κ2) is 3.39. The highest BCUT2D eigenvalue weighted by Gasteiger charge is 2.39. The Morgan fingerprint density at radius 2 is 2.50 bits per heavy atom. The van der Waals surface area contributed by atoms with Crippen molar-refractivity contribution in [3.05, 3.63) is 18.0 Å². The third-order valence-corrected chi connectivity index (χ3v) is 3.62. The molecule has 3 heteroatoms. The van der Waals surface area contributed by atoms with Crippen molar-refractivity contribution in [1.82, 2.24) is 15.1 Å². The van der Waals surface area contributed by atoms with Crippen LogP contribution in [0.3, 0.4) is 0 Å². The highest BCUT2D eigenvalue weighted by atomic mass is 15.3. The van der Waals surface area contributed by atoms with E-state index in [1.807, 2.05) is 17.9 Å². The Morgan fingerprint density at radius 1 is 1.71 bits per heavy atom. The van der Waals surface area contributed by atoms with Crippen molar-refractivity contribution in [2.24, 2.45) is 12.5 Å². The molecule has 1 fully saturated rings. The normalized spacial score (nSPS) is 32.4.